The summed E-state index contributed by atoms with van der Waals surface area (Å²) in [7, 11) is 0. The third kappa shape index (κ3) is 4.40. The molecule has 0 spiro atoms. The lowest BCUT2D eigenvalue weighted by Crippen LogP contribution is -2.36. The highest BCUT2D eigenvalue weighted by atomic mass is 32.1. The van der Waals surface area contributed by atoms with Gasteiger partial charge in [0.1, 0.15) is 0 Å². The fraction of sp³-hybridized carbons (Fsp3) is 0.280. The SMILES string of the molecule is CC(C)(Nc1ncc(C(=O)NO)cn1)c1cc2nc(-c3cccc4[nH]ncc34)nc(N3CCOCC3)c2s1. The van der Waals surface area contributed by atoms with E-state index in [1.54, 1.807) is 23.0 Å². The van der Waals surface area contributed by atoms with Gasteiger partial charge in [-0.05, 0) is 26.0 Å². The minimum absolute atomic E-state index is 0.156. The number of hydrogen-bond acceptors (Lipinski definition) is 11. The second kappa shape index (κ2) is 9.59. The first-order chi connectivity index (χ1) is 18.4. The second-order valence-corrected chi connectivity index (χ2v) is 10.5. The first-order valence-corrected chi connectivity index (χ1v) is 12.9. The number of nitrogens with one attached hydrogen (secondary N) is 3. The molecule has 1 aliphatic rings. The largest absolute Gasteiger partial charge is 0.378 e. The molecule has 0 radical (unpaired) electrons. The standard InChI is InChI=1S/C25H25N9O3S/c1-25(2,31-24-26-11-14(12-27-24)23(35)33-36)19-10-18-20(38-19)22(34-6-8-37-9-7-34)30-21(29-18)15-4-3-5-17-16(15)13-28-32-17/h3-5,10-13,36H,6-9H2,1-2H3,(H,28,32)(H,33,35)(H,26,27,31). The van der Waals surface area contributed by atoms with Crippen molar-refractivity contribution < 1.29 is 14.7 Å². The van der Waals surface area contributed by atoms with E-state index in [9.17, 15) is 4.79 Å². The van der Waals surface area contributed by atoms with Crippen molar-refractivity contribution in [2.24, 2.45) is 0 Å². The molecule has 5 aromatic rings. The molecule has 1 aromatic carbocycles. The molecule has 0 unspecified atom stereocenters. The van der Waals surface area contributed by atoms with Crippen molar-refractivity contribution in [1.29, 1.82) is 0 Å². The molecule has 38 heavy (non-hydrogen) atoms. The van der Waals surface area contributed by atoms with E-state index < -0.39 is 11.4 Å². The highest BCUT2D eigenvalue weighted by molar-refractivity contribution is 7.19. The predicted octanol–water partition coefficient (Wildman–Crippen LogP) is 3.33. The van der Waals surface area contributed by atoms with Gasteiger partial charge in [-0.3, -0.25) is 15.1 Å². The Morgan fingerprint density at radius 1 is 1.16 bits per heavy atom. The van der Waals surface area contributed by atoms with Crippen LogP contribution >= 0.6 is 11.3 Å². The average molecular weight is 532 g/mol. The molecule has 13 heteroatoms. The number of aromatic nitrogens is 6. The van der Waals surface area contributed by atoms with Crippen LogP contribution in [0.4, 0.5) is 11.8 Å². The third-order valence-corrected chi connectivity index (χ3v) is 7.89. The van der Waals surface area contributed by atoms with E-state index >= 15 is 0 Å². The number of anilines is 2. The Hall–Kier alpha value is -4.20. The minimum atomic E-state index is -0.670. The predicted molar refractivity (Wildman–Crippen MR) is 143 cm³/mol. The number of carbonyl (C=O) groups excluding carboxylic acids is 1. The van der Waals surface area contributed by atoms with E-state index in [0.717, 1.165) is 50.5 Å². The van der Waals surface area contributed by atoms with E-state index in [0.29, 0.717) is 25.0 Å². The zero-order chi connectivity index (χ0) is 26.3. The van der Waals surface area contributed by atoms with Crippen molar-refractivity contribution in [1.82, 2.24) is 35.6 Å². The maximum atomic E-state index is 11.6. The summed E-state index contributed by atoms with van der Waals surface area (Å²) in [6.07, 6.45) is 4.51. The van der Waals surface area contributed by atoms with Gasteiger partial charge in [0.25, 0.3) is 5.91 Å². The molecular weight excluding hydrogens is 506 g/mol. The fourth-order valence-corrected chi connectivity index (χ4v) is 5.58. The van der Waals surface area contributed by atoms with Gasteiger partial charge in [-0.25, -0.2) is 25.4 Å². The zero-order valence-corrected chi connectivity index (χ0v) is 21.5. The average Bonchev–Trinajstić information content (AvgIpc) is 3.60. The third-order valence-electron chi connectivity index (χ3n) is 6.45. The summed E-state index contributed by atoms with van der Waals surface area (Å²) >= 11 is 1.62. The smallest absolute Gasteiger partial charge is 0.277 e. The molecule has 1 aliphatic heterocycles. The lowest BCUT2D eigenvalue weighted by Gasteiger charge is -2.28. The van der Waals surface area contributed by atoms with Crippen LogP contribution in [-0.2, 0) is 10.3 Å². The van der Waals surface area contributed by atoms with Crippen LogP contribution in [0.1, 0.15) is 29.1 Å². The summed E-state index contributed by atoms with van der Waals surface area (Å²) in [4.78, 5) is 33.4. The van der Waals surface area contributed by atoms with Gasteiger partial charge in [0.05, 0.1) is 46.2 Å². The summed E-state index contributed by atoms with van der Waals surface area (Å²) in [5.74, 6) is 1.21. The number of morpholine rings is 1. The maximum absolute atomic E-state index is 11.6. The monoisotopic (exact) mass is 531 g/mol. The van der Waals surface area contributed by atoms with Crippen LogP contribution in [0.3, 0.4) is 0 Å². The number of carbonyl (C=O) groups is 1. The van der Waals surface area contributed by atoms with Crippen molar-refractivity contribution in [3.05, 3.63) is 53.3 Å². The molecule has 1 amide bonds. The van der Waals surface area contributed by atoms with E-state index in [1.807, 2.05) is 32.0 Å². The highest BCUT2D eigenvalue weighted by Gasteiger charge is 2.28. The van der Waals surface area contributed by atoms with Crippen LogP contribution in [0.15, 0.2) is 42.9 Å². The van der Waals surface area contributed by atoms with E-state index in [1.165, 1.54) is 12.4 Å². The van der Waals surface area contributed by atoms with Gasteiger partial charge in [-0.15, -0.1) is 11.3 Å². The Bertz CT molecular complexity index is 1620. The summed E-state index contributed by atoms with van der Waals surface area (Å²) in [6.45, 7) is 6.85. The second-order valence-electron chi connectivity index (χ2n) is 9.42. The van der Waals surface area contributed by atoms with E-state index in [4.69, 9.17) is 19.9 Å². The lowest BCUT2D eigenvalue weighted by atomic mass is 10.0. The Labute approximate surface area is 221 Å². The molecular formula is C25H25N9O3S. The normalized spacial score (nSPS) is 14.2. The number of amides is 1. The molecule has 4 aromatic heterocycles. The Kier molecular flexibility index (Phi) is 6.10. The van der Waals surface area contributed by atoms with Crippen LogP contribution in [0.5, 0.6) is 0 Å². The van der Waals surface area contributed by atoms with Crippen LogP contribution < -0.4 is 15.7 Å². The van der Waals surface area contributed by atoms with Gasteiger partial charge < -0.3 is 15.0 Å². The maximum Gasteiger partial charge on any atom is 0.277 e. The molecule has 0 saturated carbocycles. The van der Waals surface area contributed by atoms with Crippen molar-refractivity contribution >= 4 is 50.1 Å². The topological polar surface area (TPSA) is 154 Å². The number of nitrogens with zero attached hydrogens (tertiary/aromatic N) is 6. The number of H-pyrrole nitrogens is 1. The van der Waals surface area contributed by atoms with Gasteiger partial charge in [-0.2, -0.15) is 5.10 Å². The van der Waals surface area contributed by atoms with Crippen LogP contribution in [0.25, 0.3) is 32.5 Å². The number of benzene rings is 1. The van der Waals surface area contributed by atoms with Crippen molar-refractivity contribution in [3.63, 3.8) is 0 Å². The van der Waals surface area contributed by atoms with Gasteiger partial charge in [0.15, 0.2) is 11.6 Å². The fourth-order valence-electron chi connectivity index (χ4n) is 4.41. The number of fused-ring (bicyclic) bond motifs is 2. The minimum Gasteiger partial charge on any atom is -0.378 e. The molecule has 1 fully saturated rings. The van der Waals surface area contributed by atoms with E-state index in [-0.39, 0.29) is 5.56 Å². The van der Waals surface area contributed by atoms with Gasteiger partial charge in [-0.1, -0.05) is 12.1 Å². The molecule has 12 nitrogen and oxygen atoms in total. The van der Waals surface area contributed by atoms with Crippen LogP contribution in [-0.4, -0.2) is 67.6 Å². The van der Waals surface area contributed by atoms with Gasteiger partial charge >= 0.3 is 0 Å². The van der Waals surface area contributed by atoms with Crippen LogP contribution in [0.2, 0.25) is 0 Å². The Morgan fingerprint density at radius 3 is 2.71 bits per heavy atom. The lowest BCUT2D eigenvalue weighted by molar-refractivity contribution is 0.0705. The molecule has 194 valence electrons. The van der Waals surface area contributed by atoms with E-state index in [2.05, 4.69) is 36.4 Å². The first kappa shape index (κ1) is 24.2. The Morgan fingerprint density at radius 2 is 1.95 bits per heavy atom. The molecule has 1 saturated heterocycles. The number of aromatic amines is 1. The summed E-state index contributed by atoms with van der Waals surface area (Å²) in [5, 5.41) is 20.3. The number of rotatable bonds is 6. The highest BCUT2D eigenvalue weighted by Crippen LogP contribution is 2.40. The Balaban J connectivity index is 1.41. The molecule has 0 bridgehead atoms. The molecule has 4 N–H and O–H groups in total. The van der Waals surface area contributed by atoms with Gasteiger partial charge in [0.2, 0.25) is 5.95 Å². The quantitative estimate of drug-likeness (QED) is 0.189. The number of thiophene rings is 1. The summed E-state index contributed by atoms with van der Waals surface area (Å²) in [5.41, 5.74) is 3.87. The number of hydrogen-bond donors (Lipinski definition) is 4. The van der Waals surface area contributed by atoms with Gasteiger partial charge in [0, 0.05) is 41.3 Å². The number of ether oxygens (including phenoxy) is 1. The number of hydroxylamine groups is 1. The van der Waals surface area contributed by atoms with Crippen LogP contribution in [0, 0.1) is 0 Å². The summed E-state index contributed by atoms with van der Waals surface area (Å²) < 4.78 is 6.59. The molecule has 6 rings (SSSR count). The first-order valence-electron chi connectivity index (χ1n) is 12.0. The molecule has 0 atom stereocenters. The van der Waals surface area contributed by atoms with Crippen molar-refractivity contribution in [2.75, 3.05) is 36.5 Å². The van der Waals surface area contributed by atoms with Crippen molar-refractivity contribution in [2.45, 2.75) is 19.4 Å². The zero-order valence-electron chi connectivity index (χ0n) is 20.7. The molecule has 5 heterocycles. The van der Waals surface area contributed by atoms with Crippen molar-refractivity contribution in [3.8, 4) is 11.4 Å². The summed E-state index contributed by atoms with van der Waals surface area (Å²) in [6, 6.07) is 8.04. The molecule has 0 aliphatic carbocycles.